The molecule has 6 heteroatoms. The Labute approximate surface area is 135 Å². The van der Waals surface area contributed by atoms with Crippen molar-refractivity contribution in [2.75, 3.05) is 20.8 Å². The summed E-state index contributed by atoms with van der Waals surface area (Å²) in [7, 11) is 3.15. The van der Waals surface area contributed by atoms with Crippen molar-refractivity contribution in [3.05, 3.63) is 29.8 Å². The Morgan fingerprint density at radius 2 is 2.17 bits per heavy atom. The number of carbonyl (C=O) groups excluding carboxylic acids is 2. The van der Waals surface area contributed by atoms with Crippen LogP contribution in [0.5, 0.6) is 11.5 Å². The molecular weight excluding hydrogens is 296 g/mol. The molecule has 1 aliphatic heterocycles. The maximum atomic E-state index is 12.0. The molecule has 0 aromatic heterocycles. The number of methoxy groups -OCH3 is 2. The lowest BCUT2D eigenvalue weighted by Gasteiger charge is -2.13. The van der Waals surface area contributed by atoms with Crippen molar-refractivity contribution < 1.29 is 19.1 Å². The second-order valence-corrected chi connectivity index (χ2v) is 5.34. The summed E-state index contributed by atoms with van der Waals surface area (Å²) >= 11 is 0. The van der Waals surface area contributed by atoms with E-state index in [1.54, 1.807) is 32.4 Å². The van der Waals surface area contributed by atoms with Crippen molar-refractivity contribution in [1.82, 2.24) is 10.6 Å². The molecule has 0 aliphatic carbocycles. The fraction of sp³-hybridized carbons (Fsp3) is 0.412. The van der Waals surface area contributed by atoms with Gasteiger partial charge in [-0.25, -0.2) is 0 Å². The summed E-state index contributed by atoms with van der Waals surface area (Å²) in [5, 5.41) is 5.66. The Morgan fingerprint density at radius 1 is 1.35 bits per heavy atom. The van der Waals surface area contributed by atoms with Crippen LogP contribution >= 0.6 is 0 Å². The number of ether oxygens (including phenoxy) is 2. The van der Waals surface area contributed by atoms with Crippen molar-refractivity contribution in [2.45, 2.75) is 25.3 Å². The van der Waals surface area contributed by atoms with Crippen LogP contribution in [-0.2, 0) is 9.59 Å². The lowest BCUT2D eigenvalue weighted by atomic mass is 10.1. The van der Waals surface area contributed by atoms with Crippen LogP contribution in [0.3, 0.4) is 0 Å². The molecule has 2 amide bonds. The Bertz CT molecular complexity index is 598. The first-order chi connectivity index (χ1) is 11.1. The minimum atomic E-state index is -0.220. The highest BCUT2D eigenvalue weighted by Crippen LogP contribution is 2.25. The highest BCUT2D eigenvalue weighted by molar-refractivity contribution is 5.92. The standard InChI is InChI=1S/C17H22N2O4/c1-22-14-7-5-12(15(11-14)23-2)6-8-16(20)19-13-4-3-9-18-17(21)10-13/h5-8,11,13H,3-4,9-10H2,1-2H3,(H,18,21)(H,19,20). The van der Waals surface area contributed by atoms with E-state index in [1.807, 2.05) is 6.07 Å². The molecule has 0 saturated carbocycles. The zero-order valence-electron chi connectivity index (χ0n) is 13.4. The molecule has 2 N–H and O–H groups in total. The molecule has 1 heterocycles. The van der Waals surface area contributed by atoms with Crippen molar-refractivity contribution >= 4 is 17.9 Å². The normalized spacial score (nSPS) is 18.2. The molecule has 0 spiro atoms. The molecule has 1 unspecified atom stereocenters. The van der Waals surface area contributed by atoms with E-state index in [9.17, 15) is 9.59 Å². The van der Waals surface area contributed by atoms with Crippen LogP contribution in [0.2, 0.25) is 0 Å². The van der Waals surface area contributed by atoms with Gasteiger partial charge in [0.2, 0.25) is 11.8 Å². The second-order valence-electron chi connectivity index (χ2n) is 5.34. The van der Waals surface area contributed by atoms with Gasteiger partial charge in [-0.15, -0.1) is 0 Å². The van der Waals surface area contributed by atoms with Gasteiger partial charge < -0.3 is 20.1 Å². The predicted molar refractivity (Wildman–Crippen MR) is 87.4 cm³/mol. The lowest BCUT2D eigenvalue weighted by Crippen LogP contribution is -2.35. The topological polar surface area (TPSA) is 76.7 Å². The Balaban J connectivity index is 1.99. The summed E-state index contributed by atoms with van der Waals surface area (Å²) < 4.78 is 10.4. The molecule has 1 atom stereocenters. The number of rotatable bonds is 5. The summed E-state index contributed by atoms with van der Waals surface area (Å²) in [6.45, 7) is 0.671. The third-order valence-corrected chi connectivity index (χ3v) is 3.68. The van der Waals surface area contributed by atoms with Gasteiger partial charge in [0.05, 0.1) is 14.2 Å². The number of amides is 2. The molecule has 0 radical (unpaired) electrons. The lowest BCUT2D eigenvalue weighted by molar-refractivity contribution is -0.121. The maximum absolute atomic E-state index is 12.0. The van der Waals surface area contributed by atoms with E-state index in [0.717, 1.165) is 18.4 Å². The zero-order chi connectivity index (χ0) is 16.7. The fourth-order valence-electron chi connectivity index (χ4n) is 2.47. The number of nitrogens with one attached hydrogen (secondary N) is 2. The van der Waals surface area contributed by atoms with Gasteiger partial charge >= 0.3 is 0 Å². The quantitative estimate of drug-likeness (QED) is 0.807. The number of benzene rings is 1. The molecule has 6 nitrogen and oxygen atoms in total. The van der Waals surface area contributed by atoms with E-state index >= 15 is 0 Å². The molecular formula is C17H22N2O4. The largest absolute Gasteiger partial charge is 0.497 e. The average molecular weight is 318 g/mol. The fourth-order valence-corrected chi connectivity index (χ4v) is 2.47. The predicted octanol–water partition coefficient (Wildman–Crippen LogP) is 1.50. The Morgan fingerprint density at radius 3 is 2.91 bits per heavy atom. The van der Waals surface area contributed by atoms with E-state index in [-0.39, 0.29) is 17.9 Å². The van der Waals surface area contributed by atoms with Crippen LogP contribution in [0, 0.1) is 0 Å². The average Bonchev–Trinajstić information content (AvgIpc) is 2.76. The molecule has 1 aromatic carbocycles. The Hall–Kier alpha value is -2.50. The van der Waals surface area contributed by atoms with Gasteiger partial charge in [-0.3, -0.25) is 9.59 Å². The highest BCUT2D eigenvalue weighted by Gasteiger charge is 2.18. The SMILES string of the molecule is COc1ccc(C=CC(=O)NC2CCCNC(=O)C2)c(OC)c1. The smallest absolute Gasteiger partial charge is 0.244 e. The number of carbonyl (C=O) groups is 2. The number of hydrogen-bond acceptors (Lipinski definition) is 4. The second kappa shape index (κ2) is 8.22. The van der Waals surface area contributed by atoms with Gasteiger partial charge in [-0.2, -0.15) is 0 Å². The van der Waals surface area contributed by atoms with Crippen LogP contribution in [0.15, 0.2) is 24.3 Å². The summed E-state index contributed by atoms with van der Waals surface area (Å²) in [5.74, 6) is 1.08. The van der Waals surface area contributed by atoms with Crippen LogP contribution in [0.25, 0.3) is 6.08 Å². The van der Waals surface area contributed by atoms with Gasteiger partial charge in [0.1, 0.15) is 11.5 Å². The van der Waals surface area contributed by atoms with E-state index in [1.165, 1.54) is 6.08 Å². The molecule has 1 saturated heterocycles. The van der Waals surface area contributed by atoms with E-state index in [2.05, 4.69) is 10.6 Å². The number of hydrogen-bond donors (Lipinski definition) is 2. The van der Waals surface area contributed by atoms with Crippen molar-refractivity contribution in [2.24, 2.45) is 0 Å². The zero-order valence-corrected chi connectivity index (χ0v) is 13.4. The monoisotopic (exact) mass is 318 g/mol. The minimum Gasteiger partial charge on any atom is -0.497 e. The van der Waals surface area contributed by atoms with E-state index in [4.69, 9.17) is 9.47 Å². The van der Waals surface area contributed by atoms with Crippen LogP contribution < -0.4 is 20.1 Å². The van der Waals surface area contributed by atoms with Gasteiger partial charge in [-0.05, 0) is 31.1 Å². The maximum Gasteiger partial charge on any atom is 0.244 e. The van der Waals surface area contributed by atoms with Gasteiger partial charge in [0, 0.05) is 36.7 Å². The highest BCUT2D eigenvalue weighted by atomic mass is 16.5. The summed E-state index contributed by atoms with van der Waals surface area (Å²) in [6, 6.07) is 5.26. The molecule has 1 fully saturated rings. The molecule has 1 aliphatic rings. The minimum absolute atomic E-state index is 0.0198. The summed E-state index contributed by atoms with van der Waals surface area (Å²) in [4.78, 5) is 23.5. The third-order valence-electron chi connectivity index (χ3n) is 3.68. The van der Waals surface area contributed by atoms with Crippen molar-refractivity contribution in [3.8, 4) is 11.5 Å². The third kappa shape index (κ3) is 5.02. The molecule has 1 aromatic rings. The van der Waals surface area contributed by atoms with Crippen LogP contribution in [-0.4, -0.2) is 38.6 Å². The van der Waals surface area contributed by atoms with E-state index < -0.39 is 0 Å². The van der Waals surface area contributed by atoms with Gasteiger partial charge in [0.15, 0.2) is 0 Å². The molecule has 124 valence electrons. The van der Waals surface area contributed by atoms with Gasteiger partial charge in [-0.1, -0.05) is 0 Å². The van der Waals surface area contributed by atoms with E-state index in [0.29, 0.717) is 24.5 Å². The molecule has 2 rings (SSSR count). The van der Waals surface area contributed by atoms with Crippen LogP contribution in [0.4, 0.5) is 0 Å². The summed E-state index contributed by atoms with van der Waals surface area (Å²) in [6.07, 6.45) is 5.12. The first-order valence-corrected chi connectivity index (χ1v) is 7.59. The molecule has 23 heavy (non-hydrogen) atoms. The molecule has 0 bridgehead atoms. The van der Waals surface area contributed by atoms with Crippen molar-refractivity contribution in [3.63, 3.8) is 0 Å². The van der Waals surface area contributed by atoms with Crippen molar-refractivity contribution in [1.29, 1.82) is 0 Å². The first-order valence-electron chi connectivity index (χ1n) is 7.59. The van der Waals surface area contributed by atoms with Crippen LogP contribution in [0.1, 0.15) is 24.8 Å². The van der Waals surface area contributed by atoms with Gasteiger partial charge in [0.25, 0.3) is 0 Å². The Kier molecular flexibility index (Phi) is 6.02. The summed E-state index contributed by atoms with van der Waals surface area (Å²) in [5.41, 5.74) is 0.780. The first kappa shape index (κ1) is 16.9.